The third-order valence-electron chi connectivity index (χ3n) is 8.35. The van der Waals surface area contributed by atoms with Crippen molar-refractivity contribution in [2.24, 2.45) is 0 Å². The van der Waals surface area contributed by atoms with Crippen molar-refractivity contribution in [3.05, 3.63) is 46.5 Å². The molecule has 0 aromatic heterocycles. The van der Waals surface area contributed by atoms with Crippen molar-refractivity contribution in [3.63, 3.8) is 0 Å². The van der Waals surface area contributed by atoms with E-state index in [1.54, 1.807) is 0 Å². The molecule has 0 radical (unpaired) electrons. The van der Waals surface area contributed by atoms with Crippen LogP contribution in [0, 0.1) is 0 Å². The summed E-state index contributed by atoms with van der Waals surface area (Å²) in [6, 6.07) is 8.61. The van der Waals surface area contributed by atoms with E-state index in [9.17, 15) is 10.2 Å². The van der Waals surface area contributed by atoms with Crippen LogP contribution in [0.2, 0.25) is 0 Å². The number of aromatic hydroxyl groups is 2. The van der Waals surface area contributed by atoms with Gasteiger partial charge in [0.25, 0.3) is 0 Å². The van der Waals surface area contributed by atoms with Crippen LogP contribution < -0.4 is 9.47 Å². The van der Waals surface area contributed by atoms with Gasteiger partial charge in [-0.3, -0.25) is 0 Å². The number of ether oxygens (including phenoxy) is 2. The van der Waals surface area contributed by atoms with Gasteiger partial charge < -0.3 is 0 Å². The molecule has 41 heavy (non-hydrogen) atoms. The first-order chi connectivity index (χ1) is 19.3. The molecule has 0 spiro atoms. The Labute approximate surface area is 259 Å². The van der Waals surface area contributed by atoms with Crippen molar-refractivity contribution < 1.29 is 35.1 Å². The van der Waals surface area contributed by atoms with Gasteiger partial charge in [0.15, 0.2) is 0 Å². The van der Waals surface area contributed by atoms with E-state index in [0.717, 1.165) is 33.1 Å². The molecule has 3 unspecified atom stereocenters. The van der Waals surface area contributed by atoms with Gasteiger partial charge in [0.05, 0.1) is 0 Å². The van der Waals surface area contributed by atoms with Crippen LogP contribution >= 0.6 is 15.9 Å². The van der Waals surface area contributed by atoms with Crippen molar-refractivity contribution in [2.45, 2.75) is 127 Å². The van der Waals surface area contributed by atoms with Crippen molar-refractivity contribution in [1.29, 1.82) is 0 Å². The molecule has 1 saturated carbocycles. The van der Waals surface area contributed by atoms with Gasteiger partial charge in [-0.05, 0) is 0 Å². The SMILES string of the molecule is CCOc1cc(C(C)(C)C)cc(C[S]2=[Ti]=[S](Cc3cc(C(C)(C)C)cc(OCC)c3O)[C@H]3CCCCCCC32)c1O. The van der Waals surface area contributed by atoms with Gasteiger partial charge in [0.1, 0.15) is 0 Å². The first kappa shape index (κ1) is 33.0. The summed E-state index contributed by atoms with van der Waals surface area (Å²) in [6.07, 6.45) is 7.98. The van der Waals surface area contributed by atoms with Crippen LogP contribution in [0.25, 0.3) is 0 Å². The Morgan fingerprint density at radius 3 is 1.41 bits per heavy atom. The van der Waals surface area contributed by atoms with Crippen LogP contribution in [0.4, 0.5) is 0 Å². The van der Waals surface area contributed by atoms with E-state index in [4.69, 9.17) is 9.47 Å². The number of benzene rings is 2. The summed E-state index contributed by atoms with van der Waals surface area (Å²) in [5.74, 6) is 3.92. The molecule has 1 fully saturated rings. The summed E-state index contributed by atoms with van der Waals surface area (Å²) < 4.78 is 11.9. The van der Waals surface area contributed by atoms with E-state index in [1.807, 2.05) is 26.0 Å². The third kappa shape index (κ3) is 7.96. The molecule has 2 aromatic carbocycles. The minimum atomic E-state index is -0.282. The Balaban J connectivity index is 1.80. The van der Waals surface area contributed by atoms with Gasteiger partial charge in [-0.2, -0.15) is 0 Å². The summed E-state index contributed by atoms with van der Waals surface area (Å²) >= 11 is -0.282. The Kier molecular flexibility index (Phi) is 11.1. The Morgan fingerprint density at radius 2 is 1.07 bits per heavy atom. The molecule has 4 rings (SSSR count). The fourth-order valence-corrected chi connectivity index (χ4v) is 26.7. The van der Waals surface area contributed by atoms with E-state index < -0.39 is 0 Å². The Morgan fingerprint density at radius 1 is 0.683 bits per heavy atom. The average Bonchev–Trinajstić information content (AvgIpc) is 3.16. The van der Waals surface area contributed by atoms with Crippen molar-refractivity contribution in [1.82, 2.24) is 0 Å². The Bertz CT molecular complexity index is 1220. The first-order valence-electron chi connectivity index (χ1n) is 15.5. The predicted octanol–water partition coefficient (Wildman–Crippen LogP) is 9.75. The summed E-state index contributed by atoms with van der Waals surface area (Å²) in [5, 5.41) is 24.2. The third-order valence-corrected chi connectivity index (χ3v) is 24.3. The van der Waals surface area contributed by atoms with E-state index in [0.29, 0.717) is 52.1 Å². The number of hydrogen-bond acceptors (Lipinski definition) is 4. The topological polar surface area (TPSA) is 58.9 Å². The zero-order valence-corrected chi connectivity index (χ0v) is 29.8. The molecule has 7 heteroatoms. The molecular weight excluding hydrogens is 584 g/mol. The van der Waals surface area contributed by atoms with Crippen LogP contribution in [0.3, 0.4) is 0 Å². The van der Waals surface area contributed by atoms with Gasteiger partial charge in [-0.1, -0.05) is 0 Å². The van der Waals surface area contributed by atoms with Gasteiger partial charge >= 0.3 is 261 Å². The summed E-state index contributed by atoms with van der Waals surface area (Å²) in [6.45, 7) is 18.5. The van der Waals surface area contributed by atoms with Gasteiger partial charge in [0.2, 0.25) is 0 Å². The fourth-order valence-electron chi connectivity index (χ4n) is 5.88. The molecule has 2 N–H and O–H groups in total. The van der Waals surface area contributed by atoms with Crippen LogP contribution in [0.5, 0.6) is 23.0 Å². The van der Waals surface area contributed by atoms with Crippen molar-refractivity contribution in [3.8, 4) is 23.0 Å². The molecule has 2 aromatic rings. The molecular formula is C34H52O4S2Ti. The molecule has 1 aliphatic heterocycles. The van der Waals surface area contributed by atoms with E-state index in [-0.39, 0.29) is 26.3 Å². The first-order valence-corrected chi connectivity index (χ1v) is 22.2. The second-order valence-electron chi connectivity index (χ2n) is 13.6. The molecule has 4 nitrogen and oxygen atoms in total. The van der Waals surface area contributed by atoms with Crippen LogP contribution in [0.1, 0.15) is 116 Å². The van der Waals surface area contributed by atoms with E-state index in [1.165, 1.54) is 49.7 Å². The zero-order valence-electron chi connectivity index (χ0n) is 26.6. The molecule has 228 valence electrons. The summed E-state index contributed by atoms with van der Waals surface area (Å²) in [4.78, 5) is 0. The van der Waals surface area contributed by atoms with Crippen LogP contribution in [0.15, 0.2) is 24.3 Å². The van der Waals surface area contributed by atoms with Crippen molar-refractivity contribution >= 4 is 15.9 Å². The van der Waals surface area contributed by atoms with Gasteiger partial charge in [-0.25, -0.2) is 0 Å². The maximum absolute atomic E-state index is 11.3. The molecule has 0 saturated heterocycles. The molecule has 1 heterocycles. The number of rotatable bonds is 8. The number of hydrogen-bond donors (Lipinski definition) is 2. The molecule has 2 aliphatic rings. The minimum absolute atomic E-state index is 0.00963. The van der Waals surface area contributed by atoms with E-state index >= 15 is 0 Å². The Hall–Kier alpha value is -0.946. The molecule has 0 amide bonds. The molecule has 0 bridgehead atoms. The van der Waals surface area contributed by atoms with E-state index in [2.05, 4.69) is 53.7 Å². The summed E-state index contributed by atoms with van der Waals surface area (Å²) in [5.41, 5.74) is 4.61. The zero-order chi connectivity index (χ0) is 29.9. The predicted molar refractivity (Wildman–Crippen MR) is 174 cm³/mol. The second-order valence-corrected chi connectivity index (χ2v) is 25.1. The standard InChI is InChI=1S/C34H52O4S2.Ti/c1-9-37-27-19-25(33(3,4)5)17-23(31(27)35)21-39-29-15-13-11-12-14-16-30(29)40-22-24-18-26(34(6,7)8)20-28(32(24)36)38-10-2;/h17-20,29-30,35-36H,9-16,21-22H2,1-8H3;/t29-,30?;/m0./s1. The van der Waals surface area contributed by atoms with Crippen LogP contribution in [-0.2, 0) is 37.8 Å². The second kappa shape index (κ2) is 13.8. The fraction of sp³-hybridized carbons (Fsp3) is 0.647. The van der Waals surface area contributed by atoms with Gasteiger partial charge in [0, 0.05) is 0 Å². The van der Waals surface area contributed by atoms with Crippen LogP contribution in [-0.4, -0.2) is 33.9 Å². The van der Waals surface area contributed by atoms with Gasteiger partial charge in [-0.15, -0.1) is 0 Å². The summed E-state index contributed by atoms with van der Waals surface area (Å²) in [7, 11) is 0.592. The van der Waals surface area contributed by atoms with Crippen molar-refractivity contribution in [2.75, 3.05) is 13.2 Å². The molecule has 1 aliphatic carbocycles. The monoisotopic (exact) mass is 636 g/mol. The number of fused-ring (bicyclic) bond motifs is 1. The number of phenolic OH excluding ortho intramolecular Hbond substituents is 2. The number of phenols is 2. The average molecular weight is 637 g/mol. The quantitative estimate of drug-likeness (QED) is 0.283. The maximum atomic E-state index is 11.3. The molecule has 4 atom stereocenters. The normalized spacial score (nSPS) is 23.1.